The van der Waals surface area contributed by atoms with E-state index in [9.17, 15) is 18.8 Å². The van der Waals surface area contributed by atoms with Gasteiger partial charge >= 0.3 is 0 Å². The van der Waals surface area contributed by atoms with Crippen LogP contribution >= 0.6 is 0 Å². The van der Waals surface area contributed by atoms with Crippen molar-refractivity contribution in [1.29, 1.82) is 0 Å². The van der Waals surface area contributed by atoms with E-state index < -0.39 is 17.9 Å². The van der Waals surface area contributed by atoms with E-state index >= 15 is 0 Å². The average molecular weight is 385 g/mol. The first kappa shape index (κ1) is 19.5. The Morgan fingerprint density at radius 3 is 2.46 bits per heavy atom. The average Bonchev–Trinajstić information content (AvgIpc) is 2.96. The molecule has 146 valence electrons. The van der Waals surface area contributed by atoms with Crippen LogP contribution in [0.5, 0.6) is 5.75 Å². The van der Waals surface area contributed by atoms with Gasteiger partial charge in [-0.25, -0.2) is 14.7 Å². The van der Waals surface area contributed by atoms with Crippen molar-refractivity contribution in [2.75, 3.05) is 11.5 Å². The number of ether oxygens (including phenoxy) is 1. The molecular weight excluding hydrogens is 365 g/mol. The van der Waals surface area contributed by atoms with Gasteiger partial charge in [0, 0.05) is 0 Å². The number of hydrogen-bond acceptors (Lipinski definition) is 5. The lowest BCUT2D eigenvalue weighted by molar-refractivity contribution is -0.122. The molecule has 2 N–H and O–H groups in total. The smallest absolute Gasteiger partial charge is 0.253 e. The number of anilines is 1. The van der Waals surface area contributed by atoms with Crippen LogP contribution in [0, 0.1) is 5.82 Å². The number of benzene rings is 2. The third-order valence-electron chi connectivity index (χ3n) is 4.22. The highest BCUT2D eigenvalue weighted by atomic mass is 19.1. The number of rotatable bonds is 7. The van der Waals surface area contributed by atoms with Gasteiger partial charge in [0.15, 0.2) is 0 Å². The minimum absolute atomic E-state index is 0.0186. The zero-order chi connectivity index (χ0) is 20.1. The van der Waals surface area contributed by atoms with Crippen LogP contribution in [0.1, 0.15) is 18.9 Å². The van der Waals surface area contributed by atoms with Crippen molar-refractivity contribution in [1.82, 2.24) is 10.9 Å². The Morgan fingerprint density at radius 2 is 1.82 bits per heavy atom. The summed E-state index contributed by atoms with van der Waals surface area (Å²) in [6, 6.07) is 11.3. The first-order valence-corrected chi connectivity index (χ1v) is 8.86. The number of hydrogen-bond donors (Lipinski definition) is 2. The van der Waals surface area contributed by atoms with Crippen molar-refractivity contribution in [3.05, 3.63) is 59.9 Å². The molecule has 7 nitrogen and oxygen atoms in total. The van der Waals surface area contributed by atoms with Crippen molar-refractivity contribution in [3.63, 3.8) is 0 Å². The van der Waals surface area contributed by atoms with Gasteiger partial charge in [-0.1, -0.05) is 12.1 Å². The second kappa shape index (κ2) is 8.62. The molecule has 0 saturated carbocycles. The fraction of sp³-hybridized carbons (Fsp3) is 0.250. The Balaban J connectivity index is 1.57. The topological polar surface area (TPSA) is 87.7 Å². The van der Waals surface area contributed by atoms with E-state index in [0.29, 0.717) is 23.6 Å². The predicted octanol–water partition coefficient (Wildman–Crippen LogP) is 1.72. The van der Waals surface area contributed by atoms with Gasteiger partial charge < -0.3 is 4.74 Å². The quantitative estimate of drug-likeness (QED) is 0.560. The summed E-state index contributed by atoms with van der Waals surface area (Å²) in [7, 11) is 0. The largest absolute Gasteiger partial charge is 0.494 e. The van der Waals surface area contributed by atoms with Crippen LogP contribution in [-0.4, -0.2) is 30.4 Å². The lowest BCUT2D eigenvalue weighted by atomic mass is 10.1. The molecule has 2 aromatic rings. The lowest BCUT2D eigenvalue weighted by Gasteiger charge is -2.16. The molecule has 1 aliphatic rings. The van der Waals surface area contributed by atoms with Gasteiger partial charge in [-0.3, -0.25) is 19.8 Å². The number of halogens is 1. The number of imide groups is 1. The van der Waals surface area contributed by atoms with E-state index in [1.54, 1.807) is 24.3 Å². The Morgan fingerprint density at radius 1 is 1.14 bits per heavy atom. The molecule has 2 aromatic carbocycles. The molecule has 0 radical (unpaired) electrons. The Kier molecular flexibility index (Phi) is 6.00. The number of hydrazine groups is 1. The first-order chi connectivity index (χ1) is 13.5. The number of carbonyl (C=O) groups is 3. The molecular formula is C20H20FN3O4. The molecule has 1 heterocycles. The molecule has 0 unspecified atom stereocenters. The SMILES string of the molecule is CCOc1ccc(N2C(=O)C[C@@H](NNC(=O)Cc3ccc(F)cc3)C2=O)cc1. The molecule has 0 aromatic heterocycles. The summed E-state index contributed by atoms with van der Waals surface area (Å²) in [5, 5.41) is 0. The van der Waals surface area contributed by atoms with Gasteiger partial charge in [-0.15, -0.1) is 0 Å². The monoisotopic (exact) mass is 385 g/mol. The predicted molar refractivity (Wildman–Crippen MR) is 99.9 cm³/mol. The van der Waals surface area contributed by atoms with Crippen molar-refractivity contribution in [3.8, 4) is 5.75 Å². The number of nitrogens with zero attached hydrogens (tertiary/aromatic N) is 1. The van der Waals surface area contributed by atoms with Crippen LogP contribution in [-0.2, 0) is 20.8 Å². The first-order valence-electron chi connectivity index (χ1n) is 8.86. The van der Waals surface area contributed by atoms with Crippen molar-refractivity contribution in [2.45, 2.75) is 25.8 Å². The van der Waals surface area contributed by atoms with Crippen molar-refractivity contribution >= 4 is 23.4 Å². The van der Waals surface area contributed by atoms with E-state index in [1.165, 1.54) is 24.3 Å². The van der Waals surface area contributed by atoms with E-state index in [0.717, 1.165) is 4.90 Å². The maximum atomic E-state index is 12.9. The lowest BCUT2D eigenvalue weighted by Crippen LogP contribution is -2.48. The molecule has 0 spiro atoms. The summed E-state index contributed by atoms with van der Waals surface area (Å²) < 4.78 is 18.2. The molecule has 1 fully saturated rings. The van der Waals surface area contributed by atoms with E-state index in [4.69, 9.17) is 4.74 Å². The summed E-state index contributed by atoms with van der Waals surface area (Å²) in [6.07, 6.45) is -0.0480. The maximum Gasteiger partial charge on any atom is 0.253 e. The van der Waals surface area contributed by atoms with Crippen LogP contribution in [0.4, 0.5) is 10.1 Å². The summed E-state index contributed by atoms with van der Waals surface area (Å²) >= 11 is 0. The van der Waals surface area contributed by atoms with E-state index in [2.05, 4.69) is 10.9 Å². The summed E-state index contributed by atoms with van der Waals surface area (Å²) in [5.41, 5.74) is 6.12. The zero-order valence-corrected chi connectivity index (χ0v) is 15.3. The molecule has 1 atom stereocenters. The number of carbonyl (C=O) groups excluding carboxylic acids is 3. The molecule has 1 saturated heterocycles. The third-order valence-corrected chi connectivity index (χ3v) is 4.22. The molecule has 28 heavy (non-hydrogen) atoms. The normalized spacial score (nSPS) is 16.4. The van der Waals surface area contributed by atoms with Crippen LogP contribution < -0.4 is 20.5 Å². The van der Waals surface area contributed by atoms with Crippen molar-refractivity contribution in [2.24, 2.45) is 0 Å². The molecule has 0 bridgehead atoms. The standard InChI is InChI=1S/C20H20FN3O4/c1-2-28-16-9-7-15(8-10-16)24-19(26)12-17(20(24)27)22-23-18(25)11-13-3-5-14(21)6-4-13/h3-10,17,22H,2,11-12H2,1H3,(H,23,25)/t17-/m1/s1. The highest BCUT2D eigenvalue weighted by Crippen LogP contribution is 2.25. The van der Waals surface area contributed by atoms with Crippen LogP contribution in [0.15, 0.2) is 48.5 Å². The summed E-state index contributed by atoms with van der Waals surface area (Å²) in [5.74, 6) is -0.943. The highest BCUT2D eigenvalue weighted by molar-refractivity contribution is 6.22. The fourth-order valence-corrected chi connectivity index (χ4v) is 2.87. The van der Waals surface area contributed by atoms with Gasteiger partial charge in [-0.05, 0) is 48.9 Å². The third kappa shape index (κ3) is 4.52. The Hall–Kier alpha value is -3.26. The summed E-state index contributed by atoms with van der Waals surface area (Å²) in [4.78, 5) is 37.9. The van der Waals surface area contributed by atoms with Gasteiger partial charge in [0.1, 0.15) is 17.6 Å². The number of nitrogens with one attached hydrogen (secondary N) is 2. The van der Waals surface area contributed by atoms with Gasteiger partial charge in [0.25, 0.3) is 5.91 Å². The maximum absolute atomic E-state index is 12.9. The van der Waals surface area contributed by atoms with Gasteiger partial charge in [0.05, 0.1) is 25.1 Å². The number of amides is 3. The molecule has 8 heteroatoms. The van der Waals surface area contributed by atoms with Crippen LogP contribution in [0.3, 0.4) is 0 Å². The van der Waals surface area contributed by atoms with Crippen LogP contribution in [0.2, 0.25) is 0 Å². The van der Waals surface area contributed by atoms with Gasteiger partial charge in [0.2, 0.25) is 11.8 Å². The minimum atomic E-state index is -0.851. The molecule has 3 rings (SSSR count). The van der Waals surface area contributed by atoms with Crippen LogP contribution in [0.25, 0.3) is 0 Å². The zero-order valence-electron chi connectivity index (χ0n) is 15.3. The Bertz CT molecular complexity index is 868. The van der Waals surface area contributed by atoms with Crippen molar-refractivity contribution < 1.29 is 23.5 Å². The Labute approximate surface area is 161 Å². The van der Waals surface area contributed by atoms with E-state index in [1.807, 2.05) is 6.92 Å². The minimum Gasteiger partial charge on any atom is -0.494 e. The van der Waals surface area contributed by atoms with Gasteiger partial charge in [-0.2, -0.15) is 0 Å². The highest BCUT2D eigenvalue weighted by Gasteiger charge is 2.39. The molecule has 0 aliphatic carbocycles. The fourth-order valence-electron chi connectivity index (χ4n) is 2.87. The molecule has 1 aliphatic heterocycles. The second-order valence-electron chi connectivity index (χ2n) is 6.25. The molecule has 3 amide bonds. The second-order valence-corrected chi connectivity index (χ2v) is 6.25. The summed E-state index contributed by atoms with van der Waals surface area (Å²) in [6.45, 7) is 2.38. The van der Waals surface area contributed by atoms with E-state index in [-0.39, 0.29) is 24.6 Å².